The summed E-state index contributed by atoms with van der Waals surface area (Å²) in [4.78, 5) is 2.36. The minimum Gasteiger partial charge on any atom is -0.493 e. The molecule has 190 valence electrons. The SMILES string of the molecule is COc1cc2cc(C)n(-c3ccc(N4CC(OCCO[Si](C)(C)C(C)(C)C)C4)cc3)c2cc1OC. The van der Waals surface area contributed by atoms with Crippen LogP contribution in [0.15, 0.2) is 42.5 Å². The normalized spacial score (nSPS) is 14.9. The third-order valence-electron chi connectivity index (χ3n) is 7.52. The number of anilines is 1. The van der Waals surface area contributed by atoms with E-state index in [-0.39, 0.29) is 11.1 Å². The molecule has 1 aliphatic rings. The zero-order valence-corrected chi connectivity index (χ0v) is 23.5. The molecule has 2 aromatic carbocycles. The maximum atomic E-state index is 6.22. The van der Waals surface area contributed by atoms with Gasteiger partial charge in [-0.1, -0.05) is 20.8 Å². The van der Waals surface area contributed by atoms with E-state index in [0.717, 1.165) is 41.2 Å². The fourth-order valence-corrected chi connectivity index (χ4v) is 5.34. The standard InChI is InChI=1S/C28H40N2O4Si/c1-20-15-21-16-26(31-5)27(32-6)17-25(21)30(20)23-11-9-22(10-12-23)29-18-24(19-29)33-13-14-34-35(7,8)28(2,3)4/h9-12,15-17,24H,13-14,18-19H2,1-8H3. The molecule has 0 radical (unpaired) electrons. The predicted molar refractivity (Wildman–Crippen MR) is 146 cm³/mol. The summed E-state index contributed by atoms with van der Waals surface area (Å²) in [6.45, 7) is 16.7. The Balaban J connectivity index is 1.35. The van der Waals surface area contributed by atoms with Gasteiger partial charge >= 0.3 is 0 Å². The Morgan fingerprint density at radius 3 is 2.09 bits per heavy atom. The number of aromatic nitrogens is 1. The molecule has 1 aromatic heterocycles. The first-order chi connectivity index (χ1) is 16.5. The topological polar surface area (TPSA) is 45.1 Å². The summed E-state index contributed by atoms with van der Waals surface area (Å²) >= 11 is 0. The number of hydrogen-bond acceptors (Lipinski definition) is 5. The third-order valence-corrected chi connectivity index (χ3v) is 12.1. The van der Waals surface area contributed by atoms with Crippen molar-refractivity contribution >= 4 is 24.9 Å². The first-order valence-electron chi connectivity index (χ1n) is 12.4. The van der Waals surface area contributed by atoms with E-state index in [1.807, 2.05) is 12.1 Å². The molecule has 4 rings (SSSR count). The summed E-state index contributed by atoms with van der Waals surface area (Å²) in [7, 11) is 1.64. The molecular weight excluding hydrogens is 456 g/mol. The van der Waals surface area contributed by atoms with Gasteiger partial charge in [0.2, 0.25) is 0 Å². The van der Waals surface area contributed by atoms with Crippen LogP contribution in [0, 0.1) is 6.92 Å². The van der Waals surface area contributed by atoms with Crippen LogP contribution < -0.4 is 14.4 Å². The van der Waals surface area contributed by atoms with Crippen LogP contribution in [0.2, 0.25) is 18.1 Å². The molecule has 0 amide bonds. The molecule has 0 bridgehead atoms. The van der Waals surface area contributed by atoms with E-state index in [1.54, 1.807) is 14.2 Å². The molecule has 0 spiro atoms. The Labute approximate surface area is 210 Å². The molecule has 3 aromatic rings. The Morgan fingerprint density at radius 2 is 1.49 bits per heavy atom. The van der Waals surface area contributed by atoms with Gasteiger partial charge in [0, 0.05) is 41.6 Å². The fourth-order valence-electron chi connectivity index (χ4n) is 4.31. The van der Waals surface area contributed by atoms with Gasteiger partial charge in [0.25, 0.3) is 0 Å². The zero-order valence-electron chi connectivity index (χ0n) is 22.5. The maximum Gasteiger partial charge on any atom is 0.192 e. The number of nitrogens with zero attached hydrogens (tertiary/aromatic N) is 2. The fraction of sp³-hybridized carbons (Fsp3) is 0.500. The highest BCUT2D eigenvalue weighted by Crippen LogP contribution is 2.37. The van der Waals surface area contributed by atoms with Crippen LogP contribution in [0.5, 0.6) is 11.5 Å². The van der Waals surface area contributed by atoms with Gasteiger partial charge in [0.15, 0.2) is 19.8 Å². The van der Waals surface area contributed by atoms with E-state index in [9.17, 15) is 0 Å². The van der Waals surface area contributed by atoms with Gasteiger partial charge in [-0.3, -0.25) is 0 Å². The summed E-state index contributed by atoms with van der Waals surface area (Å²) in [6, 6.07) is 15.0. The van der Waals surface area contributed by atoms with Crippen molar-refractivity contribution in [2.75, 3.05) is 45.4 Å². The van der Waals surface area contributed by atoms with Crippen molar-refractivity contribution in [3.63, 3.8) is 0 Å². The molecule has 0 saturated carbocycles. The maximum absolute atomic E-state index is 6.22. The summed E-state index contributed by atoms with van der Waals surface area (Å²) in [5.74, 6) is 1.48. The van der Waals surface area contributed by atoms with Gasteiger partial charge in [-0.2, -0.15) is 0 Å². The molecule has 35 heavy (non-hydrogen) atoms. The van der Waals surface area contributed by atoms with Crippen LogP contribution in [-0.4, -0.2) is 59.5 Å². The number of rotatable bonds is 9. The highest BCUT2D eigenvalue weighted by atomic mass is 28.4. The van der Waals surface area contributed by atoms with Gasteiger partial charge in [-0.05, 0) is 61.5 Å². The van der Waals surface area contributed by atoms with E-state index in [2.05, 4.69) is 80.6 Å². The monoisotopic (exact) mass is 496 g/mol. The largest absolute Gasteiger partial charge is 0.493 e. The van der Waals surface area contributed by atoms with Crippen molar-refractivity contribution in [1.29, 1.82) is 0 Å². The molecule has 0 unspecified atom stereocenters. The van der Waals surface area contributed by atoms with Crippen LogP contribution in [0.3, 0.4) is 0 Å². The smallest absolute Gasteiger partial charge is 0.192 e. The predicted octanol–water partition coefficient (Wildman–Crippen LogP) is 6.18. The lowest BCUT2D eigenvalue weighted by molar-refractivity contribution is 0.0157. The first-order valence-corrected chi connectivity index (χ1v) is 15.3. The zero-order chi connectivity index (χ0) is 25.4. The van der Waals surface area contributed by atoms with Gasteiger partial charge < -0.3 is 28.1 Å². The number of ether oxygens (including phenoxy) is 3. The van der Waals surface area contributed by atoms with Crippen LogP contribution in [-0.2, 0) is 9.16 Å². The molecule has 7 heteroatoms. The third kappa shape index (κ3) is 5.22. The molecule has 0 atom stereocenters. The van der Waals surface area contributed by atoms with E-state index >= 15 is 0 Å². The van der Waals surface area contributed by atoms with E-state index in [4.69, 9.17) is 18.6 Å². The Kier molecular flexibility index (Phi) is 7.22. The molecule has 6 nitrogen and oxygen atoms in total. The van der Waals surface area contributed by atoms with Crippen LogP contribution in [0.25, 0.3) is 16.6 Å². The summed E-state index contributed by atoms with van der Waals surface area (Å²) in [5.41, 5.74) is 4.62. The lowest BCUT2D eigenvalue weighted by atomic mass is 10.1. The highest BCUT2D eigenvalue weighted by Gasteiger charge is 2.37. The van der Waals surface area contributed by atoms with Crippen molar-refractivity contribution in [1.82, 2.24) is 4.57 Å². The van der Waals surface area contributed by atoms with Crippen molar-refractivity contribution < 1.29 is 18.6 Å². The lowest BCUT2D eigenvalue weighted by Gasteiger charge is -2.41. The second-order valence-electron chi connectivity index (χ2n) is 10.9. The Hall–Kier alpha value is -2.48. The number of benzene rings is 2. The first kappa shape index (κ1) is 25.6. The number of fused-ring (bicyclic) bond motifs is 1. The van der Waals surface area contributed by atoms with Crippen molar-refractivity contribution in [3.05, 3.63) is 48.2 Å². The minimum absolute atomic E-state index is 0.233. The summed E-state index contributed by atoms with van der Waals surface area (Å²) < 4.78 is 25.5. The molecular formula is C28H40N2O4Si. The van der Waals surface area contributed by atoms with E-state index in [0.29, 0.717) is 13.2 Å². The number of methoxy groups -OCH3 is 2. The molecule has 1 aliphatic heterocycles. The molecule has 1 fully saturated rings. The van der Waals surface area contributed by atoms with Gasteiger partial charge in [0.05, 0.1) is 39.1 Å². The second-order valence-corrected chi connectivity index (χ2v) is 15.7. The summed E-state index contributed by atoms with van der Waals surface area (Å²) in [6.07, 6.45) is 0.274. The van der Waals surface area contributed by atoms with Crippen molar-refractivity contribution in [2.24, 2.45) is 0 Å². The Bertz CT molecular complexity index is 1160. The average molecular weight is 497 g/mol. The molecule has 0 N–H and O–H groups in total. The molecule has 2 heterocycles. The van der Waals surface area contributed by atoms with Crippen LogP contribution >= 0.6 is 0 Å². The second kappa shape index (κ2) is 9.88. The summed E-state index contributed by atoms with van der Waals surface area (Å²) in [5, 5.41) is 1.36. The number of aryl methyl sites for hydroxylation is 1. The average Bonchev–Trinajstić information content (AvgIpc) is 3.10. The van der Waals surface area contributed by atoms with Crippen molar-refractivity contribution in [2.45, 2.75) is 51.9 Å². The van der Waals surface area contributed by atoms with Crippen molar-refractivity contribution in [3.8, 4) is 17.2 Å². The van der Waals surface area contributed by atoms with Gasteiger partial charge in [0.1, 0.15) is 0 Å². The van der Waals surface area contributed by atoms with E-state index in [1.165, 1.54) is 11.4 Å². The highest BCUT2D eigenvalue weighted by molar-refractivity contribution is 6.74. The number of hydrogen-bond donors (Lipinski definition) is 0. The Morgan fingerprint density at radius 1 is 0.886 bits per heavy atom. The van der Waals surface area contributed by atoms with Gasteiger partial charge in [-0.15, -0.1) is 0 Å². The van der Waals surface area contributed by atoms with Crippen LogP contribution in [0.4, 0.5) is 5.69 Å². The lowest BCUT2D eigenvalue weighted by Crippen LogP contribution is -2.52. The molecule has 0 aliphatic carbocycles. The minimum atomic E-state index is -1.70. The quantitative estimate of drug-likeness (QED) is 0.261. The molecule has 1 saturated heterocycles. The van der Waals surface area contributed by atoms with Gasteiger partial charge in [-0.25, -0.2) is 0 Å². The van der Waals surface area contributed by atoms with Crippen LogP contribution in [0.1, 0.15) is 26.5 Å². The van der Waals surface area contributed by atoms with E-state index < -0.39 is 8.32 Å².